The quantitative estimate of drug-likeness (QED) is 0.638. The number of esters is 1. The summed E-state index contributed by atoms with van der Waals surface area (Å²) < 4.78 is 50.4. The number of ether oxygens (including phenoxy) is 2. The van der Waals surface area contributed by atoms with Crippen molar-refractivity contribution >= 4 is 21.9 Å². The van der Waals surface area contributed by atoms with Gasteiger partial charge >= 0.3 is 5.97 Å². The summed E-state index contributed by atoms with van der Waals surface area (Å²) in [7, 11) is -2.70. The van der Waals surface area contributed by atoms with Crippen molar-refractivity contribution in [2.45, 2.75) is 4.90 Å². The second kappa shape index (κ2) is 9.23. The molecule has 0 aromatic heterocycles. The second-order valence-electron chi connectivity index (χ2n) is 6.52. The fourth-order valence-electron chi connectivity index (χ4n) is 3.04. The van der Waals surface area contributed by atoms with Gasteiger partial charge < -0.3 is 14.4 Å². The smallest absolute Gasteiger partial charge is 0.337 e. The minimum Gasteiger partial charge on any atom is -0.484 e. The molecule has 0 atom stereocenters. The number of amides is 1. The molecule has 0 radical (unpaired) electrons. The lowest BCUT2D eigenvalue weighted by Gasteiger charge is -2.34. The van der Waals surface area contributed by atoms with Gasteiger partial charge in [-0.15, -0.1) is 0 Å². The Balaban J connectivity index is 1.56. The van der Waals surface area contributed by atoms with E-state index in [1.54, 1.807) is 18.2 Å². The van der Waals surface area contributed by atoms with E-state index in [0.717, 1.165) is 10.4 Å². The average Bonchev–Trinajstić information content (AvgIpc) is 2.77. The minimum atomic E-state index is -3.97. The molecule has 0 bridgehead atoms. The molecule has 0 unspecified atom stereocenters. The van der Waals surface area contributed by atoms with Crippen molar-refractivity contribution in [1.82, 2.24) is 9.21 Å². The molecular formula is C20H21FN2O6S. The number of methoxy groups -OCH3 is 1. The number of carbonyl (C=O) groups is 2. The number of hydrogen-bond donors (Lipinski definition) is 0. The number of halogens is 1. The first-order chi connectivity index (χ1) is 14.3. The summed E-state index contributed by atoms with van der Waals surface area (Å²) in [5.74, 6) is -1.30. The van der Waals surface area contributed by atoms with E-state index < -0.39 is 21.8 Å². The van der Waals surface area contributed by atoms with Crippen LogP contribution in [0.2, 0.25) is 0 Å². The van der Waals surface area contributed by atoms with Crippen LogP contribution in [0.4, 0.5) is 4.39 Å². The number of benzene rings is 2. The zero-order valence-corrected chi connectivity index (χ0v) is 17.1. The predicted octanol–water partition coefficient (Wildman–Crippen LogP) is 1.52. The number of piperazine rings is 1. The number of rotatable bonds is 6. The van der Waals surface area contributed by atoms with Gasteiger partial charge in [0.15, 0.2) is 6.61 Å². The van der Waals surface area contributed by atoms with Gasteiger partial charge in [0.1, 0.15) is 16.5 Å². The van der Waals surface area contributed by atoms with Gasteiger partial charge in [-0.25, -0.2) is 17.6 Å². The van der Waals surface area contributed by atoms with E-state index in [1.807, 2.05) is 0 Å². The summed E-state index contributed by atoms with van der Waals surface area (Å²) >= 11 is 0. The van der Waals surface area contributed by atoms with Crippen LogP contribution in [0.25, 0.3) is 0 Å². The lowest BCUT2D eigenvalue weighted by Crippen LogP contribution is -2.51. The SMILES string of the molecule is COC(=O)c1cccc(OCC(=O)N2CCN(S(=O)(=O)c3ccccc3F)CC2)c1. The molecule has 0 aliphatic carbocycles. The second-order valence-corrected chi connectivity index (χ2v) is 8.43. The molecule has 0 spiro atoms. The molecule has 10 heteroatoms. The highest BCUT2D eigenvalue weighted by molar-refractivity contribution is 7.89. The van der Waals surface area contributed by atoms with Gasteiger partial charge in [-0.05, 0) is 30.3 Å². The molecule has 1 amide bonds. The van der Waals surface area contributed by atoms with Gasteiger partial charge in [0, 0.05) is 26.2 Å². The van der Waals surface area contributed by atoms with Crippen LogP contribution in [0.5, 0.6) is 5.75 Å². The summed E-state index contributed by atoms with van der Waals surface area (Å²) in [5, 5.41) is 0. The monoisotopic (exact) mass is 436 g/mol. The highest BCUT2D eigenvalue weighted by atomic mass is 32.2. The highest BCUT2D eigenvalue weighted by Crippen LogP contribution is 2.20. The molecule has 30 heavy (non-hydrogen) atoms. The molecule has 1 saturated heterocycles. The maximum Gasteiger partial charge on any atom is 0.337 e. The van der Waals surface area contributed by atoms with E-state index >= 15 is 0 Å². The van der Waals surface area contributed by atoms with Crippen molar-refractivity contribution in [2.75, 3.05) is 39.9 Å². The van der Waals surface area contributed by atoms with Crippen LogP contribution in [-0.4, -0.2) is 69.4 Å². The zero-order valence-electron chi connectivity index (χ0n) is 16.3. The maximum absolute atomic E-state index is 13.9. The molecule has 8 nitrogen and oxygen atoms in total. The van der Waals surface area contributed by atoms with Crippen molar-refractivity contribution in [2.24, 2.45) is 0 Å². The molecular weight excluding hydrogens is 415 g/mol. The fourth-order valence-corrected chi connectivity index (χ4v) is 4.53. The standard InChI is InChI=1S/C20H21FN2O6S/c1-28-20(25)15-5-4-6-16(13-15)29-14-19(24)22-9-11-23(12-10-22)30(26,27)18-8-3-2-7-17(18)21/h2-8,13H,9-12,14H2,1H3. The molecule has 1 aliphatic heterocycles. The third-order valence-corrected chi connectivity index (χ3v) is 6.60. The van der Waals surface area contributed by atoms with Gasteiger partial charge in [0.05, 0.1) is 12.7 Å². The van der Waals surface area contributed by atoms with Crippen LogP contribution >= 0.6 is 0 Å². The molecule has 1 aliphatic rings. The Morgan fingerprint density at radius 1 is 1.03 bits per heavy atom. The molecule has 3 rings (SSSR count). The van der Waals surface area contributed by atoms with Gasteiger partial charge in [-0.3, -0.25) is 4.79 Å². The van der Waals surface area contributed by atoms with E-state index in [1.165, 1.54) is 36.3 Å². The fraction of sp³-hybridized carbons (Fsp3) is 0.300. The topological polar surface area (TPSA) is 93.2 Å². The lowest BCUT2D eigenvalue weighted by molar-refractivity contribution is -0.134. The first kappa shape index (κ1) is 21.7. The van der Waals surface area contributed by atoms with Gasteiger partial charge in [-0.2, -0.15) is 4.31 Å². The summed E-state index contributed by atoms with van der Waals surface area (Å²) in [6, 6.07) is 11.5. The van der Waals surface area contributed by atoms with Crippen LogP contribution in [0, 0.1) is 5.82 Å². The van der Waals surface area contributed by atoms with Crippen LogP contribution in [-0.2, 0) is 19.6 Å². The Morgan fingerprint density at radius 3 is 2.40 bits per heavy atom. The maximum atomic E-state index is 13.9. The Labute approximate surface area is 173 Å². The Morgan fingerprint density at radius 2 is 1.73 bits per heavy atom. The molecule has 1 fully saturated rings. The lowest BCUT2D eigenvalue weighted by atomic mass is 10.2. The minimum absolute atomic E-state index is 0.0558. The van der Waals surface area contributed by atoms with Crippen molar-refractivity contribution in [3.05, 3.63) is 59.9 Å². The molecule has 1 heterocycles. The van der Waals surface area contributed by atoms with Crippen LogP contribution in [0.3, 0.4) is 0 Å². The van der Waals surface area contributed by atoms with Gasteiger partial charge in [0.25, 0.3) is 5.91 Å². The van der Waals surface area contributed by atoms with Gasteiger partial charge in [0.2, 0.25) is 10.0 Å². The molecule has 160 valence electrons. The van der Waals surface area contributed by atoms with Crippen LogP contribution in [0.15, 0.2) is 53.4 Å². The van der Waals surface area contributed by atoms with E-state index in [4.69, 9.17) is 4.74 Å². The number of hydrogen-bond acceptors (Lipinski definition) is 6. The Bertz CT molecular complexity index is 1040. The third kappa shape index (κ3) is 4.77. The summed E-state index contributed by atoms with van der Waals surface area (Å²) in [5.41, 5.74) is 0.300. The van der Waals surface area contributed by atoms with E-state index in [9.17, 15) is 22.4 Å². The molecule has 2 aromatic rings. The number of carbonyl (C=O) groups excluding carboxylic acids is 2. The van der Waals surface area contributed by atoms with Crippen molar-refractivity contribution in [3.63, 3.8) is 0 Å². The largest absolute Gasteiger partial charge is 0.484 e. The Hall–Kier alpha value is -2.98. The summed E-state index contributed by atoms with van der Waals surface area (Å²) in [4.78, 5) is 25.1. The summed E-state index contributed by atoms with van der Waals surface area (Å²) in [6.45, 7) is 0.182. The van der Waals surface area contributed by atoms with Crippen LogP contribution in [0.1, 0.15) is 10.4 Å². The average molecular weight is 436 g/mol. The predicted molar refractivity (Wildman–Crippen MR) is 105 cm³/mol. The van der Waals surface area contributed by atoms with Crippen molar-refractivity contribution in [1.29, 1.82) is 0 Å². The van der Waals surface area contributed by atoms with E-state index in [0.29, 0.717) is 11.3 Å². The normalized spacial score (nSPS) is 14.9. The van der Waals surface area contributed by atoms with Gasteiger partial charge in [-0.1, -0.05) is 18.2 Å². The Kier molecular flexibility index (Phi) is 6.68. The van der Waals surface area contributed by atoms with Crippen molar-refractivity contribution < 1.29 is 31.9 Å². The molecule has 0 saturated carbocycles. The third-order valence-electron chi connectivity index (χ3n) is 4.66. The molecule has 2 aromatic carbocycles. The zero-order chi connectivity index (χ0) is 21.7. The number of nitrogens with zero attached hydrogens (tertiary/aromatic N) is 2. The van der Waals surface area contributed by atoms with Crippen LogP contribution < -0.4 is 4.74 Å². The summed E-state index contributed by atoms with van der Waals surface area (Å²) in [6.07, 6.45) is 0. The van der Waals surface area contributed by atoms with E-state index in [2.05, 4.69) is 4.74 Å². The highest BCUT2D eigenvalue weighted by Gasteiger charge is 2.31. The first-order valence-electron chi connectivity index (χ1n) is 9.16. The molecule has 0 N–H and O–H groups in total. The first-order valence-corrected chi connectivity index (χ1v) is 10.6. The number of sulfonamides is 1. The van der Waals surface area contributed by atoms with E-state index in [-0.39, 0.29) is 43.6 Å². The van der Waals surface area contributed by atoms with Crippen molar-refractivity contribution in [3.8, 4) is 5.75 Å².